The minimum Gasteiger partial charge on any atom is -0.330 e. The molecule has 1 aliphatic rings. The second-order valence-electron chi connectivity index (χ2n) is 9.00. The van der Waals surface area contributed by atoms with Gasteiger partial charge in [0.15, 0.2) is 0 Å². The largest absolute Gasteiger partial charge is 0.330 e. The van der Waals surface area contributed by atoms with Crippen LogP contribution < -0.4 is 16.6 Å². The van der Waals surface area contributed by atoms with Crippen molar-refractivity contribution in [1.82, 2.24) is 30.4 Å². The van der Waals surface area contributed by atoms with Crippen LogP contribution in [0.3, 0.4) is 0 Å². The molecule has 1 aliphatic carbocycles. The molecule has 4 N–H and O–H groups in total. The number of hydrogen-bond acceptors (Lipinski definition) is 7. The zero-order chi connectivity index (χ0) is 25.1. The summed E-state index contributed by atoms with van der Waals surface area (Å²) in [6, 6.07) is 18.0. The van der Waals surface area contributed by atoms with Crippen LogP contribution >= 0.6 is 11.6 Å². The molecule has 1 amide bonds. The fraction of sp³-hybridized carbons (Fsp3) is 0.280. The van der Waals surface area contributed by atoms with Gasteiger partial charge < -0.3 is 5.73 Å². The Morgan fingerprint density at radius 3 is 2.67 bits per heavy atom. The molecule has 4 aromatic rings. The molecule has 1 fully saturated rings. The van der Waals surface area contributed by atoms with Crippen molar-refractivity contribution in [1.29, 1.82) is 0 Å². The van der Waals surface area contributed by atoms with Gasteiger partial charge in [0.05, 0.1) is 11.7 Å². The van der Waals surface area contributed by atoms with Crippen molar-refractivity contribution in [2.24, 2.45) is 5.73 Å². The number of H-pyrrole nitrogens is 1. The predicted molar refractivity (Wildman–Crippen MR) is 136 cm³/mol. The molecule has 2 aromatic heterocycles. The zero-order valence-electron chi connectivity index (χ0n) is 19.4. The molecule has 0 spiro atoms. The van der Waals surface area contributed by atoms with E-state index in [0.29, 0.717) is 22.8 Å². The summed E-state index contributed by atoms with van der Waals surface area (Å²) in [5.74, 6) is -0.293. The van der Waals surface area contributed by atoms with E-state index in [9.17, 15) is 9.59 Å². The number of aromatic nitrogens is 6. The van der Waals surface area contributed by atoms with Gasteiger partial charge in [-0.05, 0) is 66.8 Å². The first-order valence-corrected chi connectivity index (χ1v) is 12.1. The smallest absolute Gasteiger partial charge is 0.270 e. The van der Waals surface area contributed by atoms with E-state index >= 15 is 0 Å². The highest BCUT2D eigenvalue weighted by atomic mass is 35.5. The van der Waals surface area contributed by atoms with Gasteiger partial charge in [-0.2, -0.15) is 10.3 Å². The number of nitrogens with zero attached hydrogens (tertiary/aromatic N) is 5. The van der Waals surface area contributed by atoms with Crippen LogP contribution in [0.15, 0.2) is 65.5 Å². The summed E-state index contributed by atoms with van der Waals surface area (Å²) in [5, 5.41) is 21.1. The van der Waals surface area contributed by atoms with Crippen molar-refractivity contribution in [2.45, 2.75) is 37.1 Å². The molecular weight excluding hydrogens is 480 g/mol. The fourth-order valence-corrected chi connectivity index (χ4v) is 5.07. The second kappa shape index (κ2) is 10.00. The third-order valence-electron chi connectivity index (χ3n) is 6.90. The van der Waals surface area contributed by atoms with E-state index in [4.69, 9.17) is 17.3 Å². The van der Waals surface area contributed by atoms with Crippen LogP contribution in [0.5, 0.6) is 0 Å². The number of rotatable bonds is 6. The Morgan fingerprint density at radius 2 is 1.94 bits per heavy atom. The number of carbonyl (C=O) groups excluding carboxylic acids is 1. The van der Waals surface area contributed by atoms with Gasteiger partial charge in [-0.3, -0.25) is 14.9 Å². The monoisotopic (exact) mass is 504 g/mol. The highest BCUT2D eigenvalue weighted by Crippen LogP contribution is 2.42. The van der Waals surface area contributed by atoms with E-state index in [-0.39, 0.29) is 28.9 Å². The highest BCUT2D eigenvalue weighted by molar-refractivity contribution is 6.30. The third-order valence-corrected chi connectivity index (χ3v) is 7.14. The van der Waals surface area contributed by atoms with E-state index in [1.807, 2.05) is 24.3 Å². The molecule has 0 unspecified atom stereocenters. The lowest BCUT2D eigenvalue weighted by Crippen LogP contribution is -2.41. The number of hydrogen-bond donors (Lipinski definition) is 3. The maximum atomic E-state index is 12.8. The highest BCUT2D eigenvalue weighted by Gasteiger charge is 2.37. The predicted octanol–water partition coefficient (Wildman–Crippen LogP) is 3.34. The molecule has 1 saturated carbocycles. The number of benzene rings is 2. The Balaban J connectivity index is 1.36. The lowest BCUT2D eigenvalue weighted by atomic mass is 9.68. The molecule has 5 rings (SSSR count). The first-order chi connectivity index (χ1) is 17.5. The average Bonchev–Trinajstić information content (AvgIpc) is 3.42. The number of aromatic amines is 1. The van der Waals surface area contributed by atoms with E-state index in [1.165, 1.54) is 6.07 Å². The molecule has 184 valence electrons. The Hall–Kier alpha value is -3.89. The Bertz CT molecular complexity index is 1430. The van der Waals surface area contributed by atoms with Crippen molar-refractivity contribution in [3.05, 3.63) is 87.2 Å². The molecule has 2 heterocycles. The molecular formula is C25H25ClN8O2. The minimum atomic E-state index is -0.377. The van der Waals surface area contributed by atoms with Gasteiger partial charge in [-0.25, -0.2) is 4.68 Å². The van der Waals surface area contributed by atoms with Crippen LogP contribution in [0, 0.1) is 0 Å². The van der Waals surface area contributed by atoms with Gasteiger partial charge in [-0.15, -0.1) is 5.10 Å². The van der Waals surface area contributed by atoms with Crippen LogP contribution in [0.2, 0.25) is 5.02 Å². The number of halogens is 1. The summed E-state index contributed by atoms with van der Waals surface area (Å²) in [6.07, 6.45) is 3.21. The molecule has 0 saturated heterocycles. The van der Waals surface area contributed by atoms with E-state index in [1.54, 1.807) is 28.9 Å². The van der Waals surface area contributed by atoms with Crippen LogP contribution in [0.25, 0.3) is 11.3 Å². The Kier molecular flexibility index (Phi) is 6.62. The normalized spacial score (nSPS) is 19.7. The third kappa shape index (κ3) is 4.77. The van der Waals surface area contributed by atoms with Crippen molar-refractivity contribution < 1.29 is 4.79 Å². The minimum absolute atomic E-state index is 0.0407. The summed E-state index contributed by atoms with van der Waals surface area (Å²) in [4.78, 5) is 25.3. The van der Waals surface area contributed by atoms with Crippen LogP contribution in [0.1, 0.15) is 47.6 Å². The first kappa shape index (κ1) is 23.8. The number of nitrogens with two attached hydrogens (primary N) is 1. The van der Waals surface area contributed by atoms with Gasteiger partial charge in [0.1, 0.15) is 0 Å². The van der Waals surface area contributed by atoms with Crippen molar-refractivity contribution in [3.8, 4) is 11.3 Å². The van der Waals surface area contributed by atoms with Crippen LogP contribution in [0.4, 0.5) is 5.95 Å². The lowest BCUT2D eigenvalue weighted by Gasteiger charge is -2.40. The SMILES string of the molecule is NC[C@]1(c2cccc(Cl)c2)CC[C@H](n2nc(-c3cccc(C(=O)Nc4nn[nH]n4)c3)ccc2=O)CC1. The molecule has 0 atom stereocenters. The average molecular weight is 505 g/mol. The quantitative estimate of drug-likeness (QED) is 0.365. The molecule has 11 heteroatoms. The van der Waals surface area contributed by atoms with E-state index in [0.717, 1.165) is 36.8 Å². The summed E-state index contributed by atoms with van der Waals surface area (Å²) < 4.78 is 1.57. The Labute approximate surface area is 211 Å². The number of anilines is 1. The van der Waals surface area contributed by atoms with Gasteiger partial charge >= 0.3 is 0 Å². The Morgan fingerprint density at radius 1 is 1.14 bits per heavy atom. The van der Waals surface area contributed by atoms with Crippen LogP contribution in [-0.2, 0) is 5.41 Å². The number of nitrogens with one attached hydrogen (secondary N) is 2. The molecule has 0 bridgehead atoms. The number of carbonyl (C=O) groups is 1. The topological polar surface area (TPSA) is 144 Å². The molecule has 36 heavy (non-hydrogen) atoms. The fourth-order valence-electron chi connectivity index (χ4n) is 4.88. The van der Waals surface area contributed by atoms with Gasteiger partial charge in [-0.1, -0.05) is 41.0 Å². The molecule has 0 radical (unpaired) electrons. The summed E-state index contributed by atoms with van der Waals surface area (Å²) in [5.41, 5.74) is 8.79. The molecule has 2 aromatic carbocycles. The zero-order valence-corrected chi connectivity index (χ0v) is 20.2. The lowest BCUT2D eigenvalue weighted by molar-refractivity contribution is 0.102. The van der Waals surface area contributed by atoms with Crippen LogP contribution in [-0.4, -0.2) is 42.9 Å². The van der Waals surface area contributed by atoms with E-state index in [2.05, 4.69) is 37.1 Å². The summed E-state index contributed by atoms with van der Waals surface area (Å²) in [7, 11) is 0. The number of tetrazole rings is 1. The van der Waals surface area contributed by atoms with Crippen molar-refractivity contribution in [3.63, 3.8) is 0 Å². The standard InChI is InChI=1S/C25H25ClN8O2/c26-19-6-2-5-18(14-19)25(15-27)11-9-20(10-12-25)34-22(35)8-7-21(31-34)16-3-1-4-17(13-16)23(36)28-24-29-32-33-30-24/h1-8,13-14,20H,9-12,15,27H2,(H2,28,29,30,32,33,36)/t20-,25-. The van der Waals surface area contributed by atoms with Crippen molar-refractivity contribution >= 4 is 23.5 Å². The maximum Gasteiger partial charge on any atom is 0.270 e. The molecule has 0 aliphatic heterocycles. The summed E-state index contributed by atoms with van der Waals surface area (Å²) in [6.45, 7) is 0.515. The van der Waals surface area contributed by atoms with Gasteiger partial charge in [0.2, 0.25) is 0 Å². The van der Waals surface area contributed by atoms with Gasteiger partial charge in [0.25, 0.3) is 17.4 Å². The molecule has 10 nitrogen and oxygen atoms in total. The van der Waals surface area contributed by atoms with E-state index < -0.39 is 0 Å². The number of amides is 1. The summed E-state index contributed by atoms with van der Waals surface area (Å²) >= 11 is 6.24. The first-order valence-electron chi connectivity index (χ1n) is 11.7. The second-order valence-corrected chi connectivity index (χ2v) is 9.43. The maximum absolute atomic E-state index is 12.8. The van der Waals surface area contributed by atoms with Crippen molar-refractivity contribution in [2.75, 3.05) is 11.9 Å². The van der Waals surface area contributed by atoms with Gasteiger partial charge in [0, 0.05) is 34.2 Å².